The van der Waals surface area contributed by atoms with Crippen molar-refractivity contribution < 1.29 is 0 Å². The second-order valence-electron chi connectivity index (χ2n) is 4.01. The number of anilines is 1. The van der Waals surface area contributed by atoms with E-state index in [1.807, 2.05) is 0 Å². The molecule has 82 valence electrons. The molecule has 1 fully saturated rings. The Morgan fingerprint density at radius 2 is 1.73 bits per heavy atom. The van der Waals surface area contributed by atoms with Gasteiger partial charge in [0.25, 0.3) is 0 Å². The Morgan fingerprint density at radius 1 is 1.20 bits per heavy atom. The lowest BCUT2D eigenvalue weighted by Gasteiger charge is -2.17. The minimum atomic E-state index is 0.418. The first-order chi connectivity index (χ1) is 7.08. The van der Waals surface area contributed by atoms with Crippen LogP contribution in [0.2, 0.25) is 15.1 Å². The summed E-state index contributed by atoms with van der Waals surface area (Å²) in [5.41, 5.74) is 0.794. The Labute approximate surface area is 105 Å². The molecule has 0 aromatic heterocycles. The summed E-state index contributed by atoms with van der Waals surface area (Å²) in [6.07, 6.45) is 2.58. The number of nitrogens with one attached hydrogen (secondary N) is 1. The number of halogens is 3. The third-order valence-corrected chi connectivity index (χ3v) is 3.52. The molecule has 1 aromatic rings. The molecule has 1 aromatic carbocycles. The van der Waals surface area contributed by atoms with Gasteiger partial charge in [-0.2, -0.15) is 0 Å². The lowest BCUT2D eigenvalue weighted by molar-refractivity contribution is 0.694. The molecule has 0 amide bonds. The molecule has 1 atom stereocenters. The summed E-state index contributed by atoms with van der Waals surface area (Å²) in [5.74, 6) is 0.757. The van der Waals surface area contributed by atoms with E-state index in [1.54, 1.807) is 12.1 Å². The molecular formula is C11H12Cl3N. The Kier molecular flexibility index (Phi) is 3.34. The van der Waals surface area contributed by atoms with Crippen LogP contribution in [0.15, 0.2) is 12.1 Å². The summed E-state index contributed by atoms with van der Waals surface area (Å²) in [5, 5.41) is 5.08. The molecule has 0 heterocycles. The molecule has 1 nitrogen and oxygen atoms in total. The van der Waals surface area contributed by atoms with Gasteiger partial charge in [0.2, 0.25) is 0 Å². The number of hydrogen-bond donors (Lipinski definition) is 1. The summed E-state index contributed by atoms with van der Waals surface area (Å²) < 4.78 is 0. The van der Waals surface area contributed by atoms with Gasteiger partial charge in [-0.05, 0) is 37.8 Å². The molecule has 0 bridgehead atoms. The first-order valence-corrected chi connectivity index (χ1v) is 6.12. The largest absolute Gasteiger partial charge is 0.380 e. The highest BCUT2D eigenvalue weighted by atomic mass is 35.5. The third-order valence-electron chi connectivity index (χ3n) is 2.71. The van der Waals surface area contributed by atoms with E-state index in [0.717, 1.165) is 11.6 Å². The van der Waals surface area contributed by atoms with Crippen molar-refractivity contribution in [1.29, 1.82) is 0 Å². The van der Waals surface area contributed by atoms with Crippen LogP contribution in [0.25, 0.3) is 0 Å². The lowest BCUT2D eigenvalue weighted by Crippen LogP contribution is -2.17. The fraction of sp³-hybridized carbons (Fsp3) is 0.455. The monoisotopic (exact) mass is 263 g/mol. The zero-order chi connectivity index (χ0) is 11.0. The van der Waals surface area contributed by atoms with Gasteiger partial charge < -0.3 is 5.32 Å². The predicted octanol–water partition coefficient (Wildman–Crippen LogP) is 4.86. The summed E-state index contributed by atoms with van der Waals surface area (Å²) in [4.78, 5) is 0. The van der Waals surface area contributed by atoms with Gasteiger partial charge in [0.1, 0.15) is 0 Å². The first kappa shape index (κ1) is 11.4. The number of benzene rings is 1. The lowest BCUT2D eigenvalue weighted by atomic mass is 10.2. The Bertz CT molecular complexity index is 351. The maximum Gasteiger partial charge on any atom is 0.0722 e. The minimum absolute atomic E-state index is 0.418. The molecule has 0 saturated heterocycles. The molecule has 1 aliphatic carbocycles. The zero-order valence-corrected chi connectivity index (χ0v) is 10.6. The van der Waals surface area contributed by atoms with Crippen molar-refractivity contribution in [2.24, 2.45) is 5.92 Å². The normalized spacial score (nSPS) is 17.6. The number of rotatable bonds is 3. The van der Waals surface area contributed by atoms with Crippen molar-refractivity contribution in [1.82, 2.24) is 0 Å². The summed E-state index contributed by atoms with van der Waals surface area (Å²) in [7, 11) is 0. The number of hydrogen-bond acceptors (Lipinski definition) is 1. The molecule has 0 spiro atoms. The van der Waals surface area contributed by atoms with Gasteiger partial charge in [0.15, 0.2) is 0 Å². The van der Waals surface area contributed by atoms with Crippen molar-refractivity contribution >= 4 is 40.5 Å². The van der Waals surface area contributed by atoms with Crippen LogP contribution < -0.4 is 5.32 Å². The molecule has 2 rings (SSSR count). The molecule has 0 radical (unpaired) electrons. The maximum atomic E-state index is 6.07. The molecule has 0 aliphatic heterocycles. The average molecular weight is 265 g/mol. The van der Waals surface area contributed by atoms with Crippen LogP contribution in [-0.4, -0.2) is 6.04 Å². The molecule has 15 heavy (non-hydrogen) atoms. The summed E-state index contributed by atoms with van der Waals surface area (Å²) in [6.45, 7) is 2.15. The average Bonchev–Trinajstić information content (AvgIpc) is 2.93. The molecule has 4 heteroatoms. The van der Waals surface area contributed by atoms with Gasteiger partial charge in [0, 0.05) is 11.1 Å². The van der Waals surface area contributed by atoms with Crippen LogP contribution in [0.1, 0.15) is 19.8 Å². The Morgan fingerprint density at radius 3 is 2.20 bits per heavy atom. The van der Waals surface area contributed by atoms with E-state index in [0.29, 0.717) is 21.1 Å². The fourth-order valence-corrected chi connectivity index (χ4v) is 2.55. The van der Waals surface area contributed by atoms with Crippen LogP contribution in [0, 0.1) is 5.92 Å². The molecule has 1 N–H and O–H groups in total. The standard InChI is InChI=1S/C11H12Cl3N/c1-6(7-2-3-7)15-11-9(13)4-8(12)5-10(11)14/h4-7,15H,2-3H2,1H3. The highest BCUT2D eigenvalue weighted by Gasteiger charge is 2.28. The van der Waals surface area contributed by atoms with Crippen molar-refractivity contribution in [2.75, 3.05) is 5.32 Å². The first-order valence-electron chi connectivity index (χ1n) is 4.99. The van der Waals surface area contributed by atoms with Crippen molar-refractivity contribution in [2.45, 2.75) is 25.8 Å². The van der Waals surface area contributed by atoms with E-state index in [1.165, 1.54) is 12.8 Å². The minimum Gasteiger partial charge on any atom is -0.380 e. The third kappa shape index (κ3) is 2.72. The quantitative estimate of drug-likeness (QED) is 0.822. The summed E-state index contributed by atoms with van der Waals surface area (Å²) in [6, 6.07) is 3.83. The molecule has 1 unspecified atom stereocenters. The van der Waals surface area contributed by atoms with Crippen LogP contribution >= 0.6 is 34.8 Å². The van der Waals surface area contributed by atoms with Crippen molar-refractivity contribution in [3.63, 3.8) is 0 Å². The van der Waals surface area contributed by atoms with E-state index in [2.05, 4.69) is 12.2 Å². The summed E-state index contributed by atoms with van der Waals surface area (Å²) >= 11 is 18.0. The molecule has 1 aliphatic rings. The Balaban J connectivity index is 2.19. The van der Waals surface area contributed by atoms with Gasteiger partial charge in [-0.25, -0.2) is 0 Å². The van der Waals surface area contributed by atoms with Crippen molar-refractivity contribution in [3.8, 4) is 0 Å². The topological polar surface area (TPSA) is 12.0 Å². The van der Waals surface area contributed by atoms with E-state index in [9.17, 15) is 0 Å². The van der Waals surface area contributed by atoms with E-state index in [-0.39, 0.29) is 0 Å². The Hall–Kier alpha value is -0.110. The van der Waals surface area contributed by atoms with Crippen LogP contribution in [0.4, 0.5) is 5.69 Å². The smallest absolute Gasteiger partial charge is 0.0722 e. The highest BCUT2D eigenvalue weighted by Crippen LogP contribution is 2.38. The zero-order valence-electron chi connectivity index (χ0n) is 8.36. The van der Waals surface area contributed by atoms with Crippen LogP contribution in [0.5, 0.6) is 0 Å². The van der Waals surface area contributed by atoms with E-state index < -0.39 is 0 Å². The van der Waals surface area contributed by atoms with E-state index in [4.69, 9.17) is 34.8 Å². The van der Waals surface area contributed by atoms with E-state index >= 15 is 0 Å². The molecule has 1 saturated carbocycles. The van der Waals surface area contributed by atoms with Crippen LogP contribution in [0.3, 0.4) is 0 Å². The maximum absolute atomic E-state index is 6.07. The second-order valence-corrected chi connectivity index (χ2v) is 5.27. The van der Waals surface area contributed by atoms with Gasteiger partial charge in [-0.1, -0.05) is 34.8 Å². The van der Waals surface area contributed by atoms with Gasteiger partial charge in [-0.15, -0.1) is 0 Å². The van der Waals surface area contributed by atoms with Gasteiger partial charge in [0.05, 0.1) is 15.7 Å². The van der Waals surface area contributed by atoms with Gasteiger partial charge >= 0.3 is 0 Å². The van der Waals surface area contributed by atoms with Crippen molar-refractivity contribution in [3.05, 3.63) is 27.2 Å². The van der Waals surface area contributed by atoms with Gasteiger partial charge in [-0.3, -0.25) is 0 Å². The SMILES string of the molecule is CC(Nc1c(Cl)cc(Cl)cc1Cl)C1CC1. The second kappa shape index (κ2) is 4.40. The van der Waals surface area contributed by atoms with Crippen LogP contribution in [-0.2, 0) is 0 Å². The predicted molar refractivity (Wildman–Crippen MR) is 67.3 cm³/mol. The molecular weight excluding hydrogens is 252 g/mol. The fourth-order valence-electron chi connectivity index (χ4n) is 1.62. The highest BCUT2D eigenvalue weighted by molar-refractivity contribution is 6.41.